The molecule has 0 aliphatic carbocycles. The Balaban J connectivity index is 1.48. The fraction of sp³-hybridized carbons (Fsp3) is 0. The van der Waals surface area contributed by atoms with Crippen LogP contribution in [0, 0.1) is 0 Å². The SMILES string of the molecule is O=Cc1cc2ccc(-c3ncnc(Nc4ccc5[nH]ncc5c4)n3)cc2[nH]1. The van der Waals surface area contributed by atoms with Crippen molar-refractivity contribution in [1.29, 1.82) is 0 Å². The summed E-state index contributed by atoms with van der Waals surface area (Å²) in [5.41, 5.74) is 4.05. The van der Waals surface area contributed by atoms with Crippen LogP contribution in [0.2, 0.25) is 0 Å². The van der Waals surface area contributed by atoms with Gasteiger partial charge in [-0.05, 0) is 30.3 Å². The average Bonchev–Trinajstić information content (AvgIpc) is 3.33. The molecule has 3 N–H and O–H groups in total. The van der Waals surface area contributed by atoms with E-state index in [2.05, 4.69) is 35.5 Å². The lowest BCUT2D eigenvalue weighted by Gasteiger charge is -2.06. The molecule has 5 aromatic rings. The van der Waals surface area contributed by atoms with Crippen molar-refractivity contribution in [3.63, 3.8) is 0 Å². The maximum Gasteiger partial charge on any atom is 0.230 e. The van der Waals surface area contributed by atoms with E-state index in [-0.39, 0.29) is 0 Å². The highest BCUT2D eigenvalue weighted by Gasteiger charge is 2.08. The molecule has 0 spiro atoms. The topological polar surface area (TPSA) is 112 Å². The quantitative estimate of drug-likeness (QED) is 0.426. The Hall–Kier alpha value is -4.07. The number of hydrogen-bond acceptors (Lipinski definition) is 6. The number of carbonyl (C=O) groups is 1. The molecule has 0 aliphatic heterocycles. The molecule has 8 nitrogen and oxygen atoms in total. The summed E-state index contributed by atoms with van der Waals surface area (Å²) in [4.78, 5) is 27.0. The Bertz CT molecular complexity index is 1290. The van der Waals surface area contributed by atoms with Crippen LogP contribution in [0.5, 0.6) is 0 Å². The van der Waals surface area contributed by atoms with Crippen molar-refractivity contribution < 1.29 is 4.79 Å². The molecule has 0 atom stereocenters. The summed E-state index contributed by atoms with van der Waals surface area (Å²) in [7, 11) is 0. The summed E-state index contributed by atoms with van der Waals surface area (Å²) in [5, 5.41) is 12.1. The van der Waals surface area contributed by atoms with Crippen molar-refractivity contribution >= 4 is 39.7 Å². The molecule has 8 heteroatoms. The van der Waals surface area contributed by atoms with Crippen molar-refractivity contribution in [3.05, 3.63) is 60.7 Å². The number of benzene rings is 2. The predicted molar refractivity (Wildman–Crippen MR) is 102 cm³/mol. The second-order valence-corrected chi connectivity index (χ2v) is 6.07. The van der Waals surface area contributed by atoms with Crippen LogP contribution in [0.1, 0.15) is 10.5 Å². The summed E-state index contributed by atoms with van der Waals surface area (Å²) in [5.74, 6) is 0.990. The zero-order chi connectivity index (χ0) is 18.2. The third-order valence-electron chi connectivity index (χ3n) is 4.30. The van der Waals surface area contributed by atoms with Gasteiger partial charge in [0.1, 0.15) is 6.33 Å². The van der Waals surface area contributed by atoms with Gasteiger partial charge in [-0.15, -0.1) is 0 Å². The lowest BCUT2D eigenvalue weighted by atomic mass is 10.1. The molecular weight excluding hydrogens is 342 g/mol. The summed E-state index contributed by atoms with van der Waals surface area (Å²) in [6, 6.07) is 13.4. The normalized spacial score (nSPS) is 11.1. The minimum Gasteiger partial charge on any atom is -0.352 e. The van der Waals surface area contributed by atoms with Gasteiger partial charge < -0.3 is 10.3 Å². The van der Waals surface area contributed by atoms with E-state index < -0.39 is 0 Å². The van der Waals surface area contributed by atoms with Crippen molar-refractivity contribution in [2.75, 3.05) is 5.32 Å². The van der Waals surface area contributed by atoms with Gasteiger partial charge in [0.15, 0.2) is 12.1 Å². The van der Waals surface area contributed by atoms with Crippen LogP contribution in [-0.2, 0) is 0 Å². The highest BCUT2D eigenvalue weighted by molar-refractivity contribution is 5.90. The van der Waals surface area contributed by atoms with Gasteiger partial charge in [0.05, 0.1) is 17.4 Å². The number of anilines is 2. The third-order valence-corrected chi connectivity index (χ3v) is 4.30. The van der Waals surface area contributed by atoms with Crippen molar-refractivity contribution in [1.82, 2.24) is 30.1 Å². The van der Waals surface area contributed by atoms with Crippen molar-refractivity contribution in [3.8, 4) is 11.4 Å². The molecule has 0 radical (unpaired) electrons. The molecule has 0 amide bonds. The highest BCUT2D eigenvalue weighted by Crippen LogP contribution is 2.24. The third kappa shape index (κ3) is 2.78. The van der Waals surface area contributed by atoms with Gasteiger partial charge in [-0.1, -0.05) is 12.1 Å². The number of rotatable bonds is 4. The number of H-pyrrole nitrogens is 2. The summed E-state index contributed by atoms with van der Waals surface area (Å²) in [6.45, 7) is 0. The zero-order valence-corrected chi connectivity index (χ0v) is 14.0. The molecule has 3 heterocycles. The maximum absolute atomic E-state index is 10.9. The van der Waals surface area contributed by atoms with Crippen LogP contribution in [0.25, 0.3) is 33.2 Å². The average molecular weight is 355 g/mol. The molecule has 5 rings (SSSR count). The molecule has 2 aromatic carbocycles. The highest BCUT2D eigenvalue weighted by atomic mass is 16.1. The van der Waals surface area contributed by atoms with Gasteiger partial charge in [-0.3, -0.25) is 9.89 Å². The second-order valence-electron chi connectivity index (χ2n) is 6.07. The van der Waals surface area contributed by atoms with E-state index in [9.17, 15) is 4.79 Å². The Morgan fingerprint density at radius 3 is 2.85 bits per heavy atom. The molecule has 27 heavy (non-hydrogen) atoms. The standard InChI is InChI=1S/C19H13N7O/c27-9-15-5-11-1-2-12(7-17(11)23-15)18-20-10-21-19(25-18)24-14-3-4-16-13(6-14)8-22-26-16/h1-10,23H,(H,22,26)(H,20,21,24,25). The fourth-order valence-electron chi connectivity index (χ4n) is 3.00. The van der Waals surface area contributed by atoms with Crippen molar-refractivity contribution in [2.24, 2.45) is 0 Å². The van der Waals surface area contributed by atoms with Gasteiger partial charge in [0, 0.05) is 27.5 Å². The first-order valence-corrected chi connectivity index (χ1v) is 8.26. The second kappa shape index (κ2) is 6.03. The van der Waals surface area contributed by atoms with Gasteiger partial charge in [0.25, 0.3) is 0 Å². The smallest absolute Gasteiger partial charge is 0.230 e. The molecule has 130 valence electrons. The first-order chi connectivity index (χ1) is 13.3. The van der Waals surface area contributed by atoms with Crippen LogP contribution >= 0.6 is 0 Å². The number of hydrogen-bond donors (Lipinski definition) is 3. The lowest BCUT2D eigenvalue weighted by Crippen LogP contribution is -1.99. The van der Waals surface area contributed by atoms with Gasteiger partial charge in [-0.2, -0.15) is 10.1 Å². The van der Waals surface area contributed by atoms with Gasteiger partial charge >= 0.3 is 0 Å². The first kappa shape index (κ1) is 15.2. The Kier molecular flexibility index (Phi) is 3.39. The summed E-state index contributed by atoms with van der Waals surface area (Å²) < 4.78 is 0. The van der Waals surface area contributed by atoms with Crippen LogP contribution in [0.4, 0.5) is 11.6 Å². The zero-order valence-electron chi connectivity index (χ0n) is 14.0. The summed E-state index contributed by atoms with van der Waals surface area (Å²) in [6.07, 6.45) is 4.02. The first-order valence-electron chi connectivity index (χ1n) is 8.26. The van der Waals surface area contributed by atoms with Gasteiger partial charge in [-0.25, -0.2) is 9.97 Å². The van der Waals surface area contributed by atoms with E-state index in [4.69, 9.17) is 0 Å². The van der Waals surface area contributed by atoms with E-state index in [1.165, 1.54) is 6.33 Å². The number of aromatic nitrogens is 6. The molecule has 0 bridgehead atoms. The molecule has 0 unspecified atom stereocenters. The number of nitrogens with zero attached hydrogens (tertiary/aromatic N) is 4. The maximum atomic E-state index is 10.9. The summed E-state index contributed by atoms with van der Waals surface area (Å²) >= 11 is 0. The van der Waals surface area contributed by atoms with Gasteiger partial charge in [0.2, 0.25) is 5.95 Å². The molecule has 0 aliphatic rings. The molecule has 0 saturated heterocycles. The van der Waals surface area contributed by atoms with Crippen LogP contribution in [0.3, 0.4) is 0 Å². The van der Waals surface area contributed by atoms with E-state index in [0.29, 0.717) is 17.5 Å². The fourth-order valence-corrected chi connectivity index (χ4v) is 3.00. The number of aldehydes is 1. The Morgan fingerprint density at radius 2 is 1.93 bits per heavy atom. The molecule has 3 aromatic heterocycles. The predicted octanol–water partition coefficient (Wildman–Crippen LogP) is 3.45. The number of aromatic amines is 2. The molecule has 0 fully saturated rings. The number of nitrogens with one attached hydrogen (secondary N) is 3. The minimum atomic E-state index is 0.447. The number of carbonyl (C=O) groups excluding carboxylic acids is 1. The Labute approximate surface area is 152 Å². The molecular formula is C19H13N7O. The van der Waals surface area contributed by atoms with Crippen molar-refractivity contribution in [2.45, 2.75) is 0 Å². The Morgan fingerprint density at radius 1 is 0.963 bits per heavy atom. The monoisotopic (exact) mass is 355 g/mol. The van der Waals surface area contributed by atoms with E-state index in [1.54, 1.807) is 12.3 Å². The minimum absolute atomic E-state index is 0.447. The number of fused-ring (bicyclic) bond motifs is 2. The van der Waals surface area contributed by atoms with Crippen LogP contribution in [0.15, 0.2) is 55.0 Å². The van der Waals surface area contributed by atoms with E-state index in [0.717, 1.165) is 39.3 Å². The van der Waals surface area contributed by atoms with E-state index >= 15 is 0 Å². The van der Waals surface area contributed by atoms with Crippen LogP contribution < -0.4 is 5.32 Å². The van der Waals surface area contributed by atoms with E-state index in [1.807, 2.05) is 36.4 Å². The molecule has 0 saturated carbocycles. The van der Waals surface area contributed by atoms with Crippen LogP contribution in [-0.4, -0.2) is 36.4 Å². The lowest BCUT2D eigenvalue weighted by molar-refractivity contribution is 0.112. The largest absolute Gasteiger partial charge is 0.352 e.